The van der Waals surface area contributed by atoms with E-state index in [4.69, 9.17) is 0 Å². The zero-order valence-corrected chi connectivity index (χ0v) is 24.7. The molecule has 0 heterocycles. The predicted molar refractivity (Wildman–Crippen MR) is 171 cm³/mol. The Labute approximate surface area is 237 Å². The van der Waals surface area contributed by atoms with E-state index in [2.05, 4.69) is 148 Å². The molecule has 0 aliphatic carbocycles. The van der Waals surface area contributed by atoms with Crippen LogP contribution in [0.5, 0.6) is 0 Å². The van der Waals surface area contributed by atoms with Crippen molar-refractivity contribution >= 4 is 31.9 Å². The van der Waals surface area contributed by atoms with Gasteiger partial charge in [0.25, 0.3) is 0 Å². The summed E-state index contributed by atoms with van der Waals surface area (Å²) in [6.45, 7) is 17.5. The lowest BCUT2D eigenvalue weighted by Crippen LogP contribution is -1.95. The molecule has 36 heavy (non-hydrogen) atoms. The number of hydrogen-bond donors (Lipinski definition) is 0. The number of hydrogen-bond acceptors (Lipinski definition) is 0. The van der Waals surface area contributed by atoms with E-state index < -0.39 is 0 Å². The SMILES string of the molecule is C.C.Cc1ccc(Br)c(C)c1-c1c(C)ccc(Br)c1C.Cc1cccc(C)c1-c1c(C)cccc1C. The van der Waals surface area contributed by atoms with Gasteiger partial charge in [0.15, 0.2) is 0 Å². The minimum atomic E-state index is 0. The number of aryl methyl sites for hydroxylation is 6. The van der Waals surface area contributed by atoms with Crippen molar-refractivity contribution in [1.29, 1.82) is 0 Å². The van der Waals surface area contributed by atoms with Crippen LogP contribution in [0.1, 0.15) is 59.4 Å². The van der Waals surface area contributed by atoms with Crippen molar-refractivity contribution in [1.82, 2.24) is 0 Å². The standard InChI is InChI=1S/C16H16Br2.C16H18.2CH4/c1-9-5-7-13(17)11(3)15(9)16-10(2)6-8-14(18)12(16)4;1-11-7-5-8-12(2)15(11)16-13(3)9-6-10-14(16)4;;/h5-8H,1-4H3;5-10H,1-4H3;2*1H4. The minimum absolute atomic E-state index is 0. The average molecular weight is 611 g/mol. The fourth-order valence-corrected chi connectivity index (χ4v) is 5.49. The van der Waals surface area contributed by atoms with Gasteiger partial charge in [-0.1, -0.05) is 95.2 Å². The Kier molecular flexibility index (Phi) is 11.9. The first-order chi connectivity index (χ1) is 16.0. The topological polar surface area (TPSA) is 0 Å². The van der Waals surface area contributed by atoms with Crippen molar-refractivity contribution < 1.29 is 0 Å². The zero-order chi connectivity index (χ0) is 25.2. The second-order valence-electron chi connectivity index (χ2n) is 9.26. The molecule has 0 saturated heterocycles. The Hall–Kier alpha value is -2.16. The number of benzene rings is 4. The summed E-state index contributed by atoms with van der Waals surface area (Å²) in [6, 6.07) is 21.6. The van der Waals surface area contributed by atoms with E-state index >= 15 is 0 Å². The van der Waals surface area contributed by atoms with Gasteiger partial charge in [0.05, 0.1) is 0 Å². The van der Waals surface area contributed by atoms with Crippen molar-refractivity contribution in [2.24, 2.45) is 0 Å². The van der Waals surface area contributed by atoms with E-state index in [1.807, 2.05) is 0 Å². The molecule has 192 valence electrons. The lowest BCUT2D eigenvalue weighted by molar-refractivity contribution is 1.29. The minimum Gasteiger partial charge on any atom is -0.0776 e. The lowest BCUT2D eigenvalue weighted by Gasteiger charge is -2.17. The molecule has 0 aromatic heterocycles. The fourth-order valence-electron chi connectivity index (χ4n) is 4.83. The molecule has 4 rings (SSSR count). The van der Waals surface area contributed by atoms with Gasteiger partial charge >= 0.3 is 0 Å². The van der Waals surface area contributed by atoms with Gasteiger partial charge in [0.2, 0.25) is 0 Å². The van der Waals surface area contributed by atoms with Gasteiger partial charge in [-0.2, -0.15) is 0 Å². The Morgan fingerprint density at radius 1 is 0.361 bits per heavy atom. The highest BCUT2D eigenvalue weighted by molar-refractivity contribution is 9.10. The molecule has 0 N–H and O–H groups in total. The van der Waals surface area contributed by atoms with Gasteiger partial charge in [-0.3, -0.25) is 0 Å². The second-order valence-corrected chi connectivity index (χ2v) is 11.0. The zero-order valence-electron chi connectivity index (χ0n) is 21.5. The first-order valence-electron chi connectivity index (χ1n) is 11.7. The van der Waals surface area contributed by atoms with Gasteiger partial charge in [-0.15, -0.1) is 0 Å². The molecular formula is C34H42Br2. The molecule has 0 unspecified atom stereocenters. The average Bonchev–Trinajstić information content (AvgIpc) is 2.78. The number of halogens is 2. The summed E-state index contributed by atoms with van der Waals surface area (Å²) in [5.41, 5.74) is 16.2. The quantitative estimate of drug-likeness (QED) is 0.212. The maximum Gasteiger partial charge on any atom is 0.0210 e. The Morgan fingerprint density at radius 2 is 0.611 bits per heavy atom. The lowest BCUT2D eigenvalue weighted by atomic mass is 9.90. The second kappa shape index (κ2) is 13.4. The molecular weight excluding hydrogens is 568 g/mol. The fraction of sp³-hybridized carbons (Fsp3) is 0.294. The molecule has 0 amide bonds. The first-order valence-corrected chi connectivity index (χ1v) is 13.3. The van der Waals surface area contributed by atoms with Crippen LogP contribution in [-0.4, -0.2) is 0 Å². The van der Waals surface area contributed by atoms with Crippen LogP contribution in [0.2, 0.25) is 0 Å². The molecule has 4 aromatic rings. The molecule has 4 aromatic carbocycles. The molecule has 0 saturated carbocycles. The van der Waals surface area contributed by atoms with E-state index in [0.29, 0.717) is 0 Å². The molecule has 0 aliphatic heterocycles. The van der Waals surface area contributed by atoms with E-state index in [1.165, 1.54) is 75.7 Å². The van der Waals surface area contributed by atoms with Crippen LogP contribution >= 0.6 is 31.9 Å². The monoisotopic (exact) mass is 608 g/mol. The van der Waals surface area contributed by atoms with Crippen molar-refractivity contribution in [3.05, 3.63) is 114 Å². The molecule has 0 spiro atoms. The molecule has 0 radical (unpaired) electrons. The van der Waals surface area contributed by atoms with E-state index in [0.717, 1.165) is 0 Å². The van der Waals surface area contributed by atoms with Crippen LogP contribution in [-0.2, 0) is 0 Å². The van der Waals surface area contributed by atoms with E-state index in [-0.39, 0.29) is 14.9 Å². The van der Waals surface area contributed by atoms with Crippen molar-refractivity contribution in [2.75, 3.05) is 0 Å². The summed E-state index contributed by atoms with van der Waals surface area (Å²) in [7, 11) is 0. The molecule has 0 fully saturated rings. The summed E-state index contributed by atoms with van der Waals surface area (Å²) in [5, 5.41) is 0. The van der Waals surface area contributed by atoms with Crippen LogP contribution in [0.3, 0.4) is 0 Å². The molecule has 0 aliphatic rings. The van der Waals surface area contributed by atoms with Gasteiger partial charge < -0.3 is 0 Å². The number of rotatable bonds is 2. The Morgan fingerprint density at radius 3 is 0.889 bits per heavy atom. The molecule has 2 heteroatoms. The highest BCUT2D eigenvalue weighted by atomic mass is 79.9. The van der Waals surface area contributed by atoms with Crippen LogP contribution < -0.4 is 0 Å². The van der Waals surface area contributed by atoms with Crippen molar-refractivity contribution in [2.45, 2.75) is 70.2 Å². The van der Waals surface area contributed by atoms with Crippen LogP contribution in [0.4, 0.5) is 0 Å². The Bertz CT molecular complexity index is 1200. The van der Waals surface area contributed by atoms with E-state index in [9.17, 15) is 0 Å². The maximum absolute atomic E-state index is 3.63. The molecule has 0 nitrogen and oxygen atoms in total. The van der Waals surface area contributed by atoms with Crippen LogP contribution in [0.25, 0.3) is 22.3 Å². The highest BCUT2D eigenvalue weighted by Gasteiger charge is 2.14. The maximum atomic E-state index is 3.63. The van der Waals surface area contributed by atoms with Crippen LogP contribution in [0, 0.1) is 55.4 Å². The Balaban J connectivity index is 0.000000343. The summed E-state index contributed by atoms with van der Waals surface area (Å²) >= 11 is 7.27. The smallest absolute Gasteiger partial charge is 0.0210 e. The molecule has 0 bridgehead atoms. The third kappa shape index (κ3) is 6.58. The van der Waals surface area contributed by atoms with Gasteiger partial charge in [0.1, 0.15) is 0 Å². The predicted octanol–water partition coefficient (Wildman–Crippen LogP) is 12.0. The van der Waals surface area contributed by atoms with Gasteiger partial charge in [-0.25, -0.2) is 0 Å². The van der Waals surface area contributed by atoms with Crippen molar-refractivity contribution in [3.63, 3.8) is 0 Å². The van der Waals surface area contributed by atoms with Gasteiger partial charge in [-0.05, 0) is 134 Å². The third-order valence-corrected chi connectivity index (χ3v) is 8.39. The largest absolute Gasteiger partial charge is 0.0776 e. The molecule has 0 atom stereocenters. The summed E-state index contributed by atoms with van der Waals surface area (Å²) in [6.07, 6.45) is 0. The van der Waals surface area contributed by atoms with E-state index in [1.54, 1.807) is 0 Å². The third-order valence-electron chi connectivity index (χ3n) is 6.68. The highest BCUT2D eigenvalue weighted by Crippen LogP contribution is 2.38. The first kappa shape index (κ1) is 31.9. The summed E-state index contributed by atoms with van der Waals surface area (Å²) in [4.78, 5) is 0. The van der Waals surface area contributed by atoms with Gasteiger partial charge in [0, 0.05) is 8.95 Å². The van der Waals surface area contributed by atoms with Crippen molar-refractivity contribution in [3.8, 4) is 22.3 Å². The summed E-state index contributed by atoms with van der Waals surface area (Å²) < 4.78 is 2.34. The normalized spacial score (nSPS) is 10.1. The summed E-state index contributed by atoms with van der Waals surface area (Å²) in [5.74, 6) is 0. The van der Waals surface area contributed by atoms with Crippen LogP contribution in [0.15, 0.2) is 69.6 Å².